The number of rotatable bonds is 5. The minimum atomic E-state index is 0.121. The number of hydrogen-bond acceptors (Lipinski definition) is 2. The summed E-state index contributed by atoms with van der Waals surface area (Å²) in [5, 5.41) is 0. The molecule has 2 aromatic rings. The van der Waals surface area contributed by atoms with Crippen molar-refractivity contribution < 1.29 is 4.79 Å². The first-order valence-corrected chi connectivity index (χ1v) is 8.09. The van der Waals surface area contributed by atoms with Crippen LogP contribution in [0.2, 0.25) is 0 Å². The van der Waals surface area contributed by atoms with Gasteiger partial charge in [-0.05, 0) is 37.0 Å². The van der Waals surface area contributed by atoms with Crippen LogP contribution in [-0.2, 0) is 6.42 Å². The van der Waals surface area contributed by atoms with Crippen LogP contribution in [0.5, 0.6) is 0 Å². The molecule has 1 fully saturated rings. The van der Waals surface area contributed by atoms with Gasteiger partial charge in [0.25, 0.3) is 5.91 Å². The monoisotopic (exact) mass is 294 g/mol. The van der Waals surface area contributed by atoms with Crippen molar-refractivity contribution in [2.75, 3.05) is 6.54 Å². The van der Waals surface area contributed by atoms with Crippen LogP contribution in [0.15, 0.2) is 54.9 Å². The highest BCUT2D eigenvalue weighted by molar-refractivity contribution is 5.94. The number of benzene rings is 1. The third-order valence-electron chi connectivity index (χ3n) is 4.42. The lowest BCUT2D eigenvalue weighted by atomic mass is 10.1. The van der Waals surface area contributed by atoms with Gasteiger partial charge >= 0.3 is 0 Å². The Morgan fingerprint density at radius 1 is 1.09 bits per heavy atom. The van der Waals surface area contributed by atoms with E-state index in [0.717, 1.165) is 25.8 Å². The Kier molecular flexibility index (Phi) is 4.84. The van der Waals surface area contributed by atoms with Gasteiger partial charge in [0.05, 0.1) is 5.56 Å². The topological polar surface area (TPSA) is 33.2 Å². The summed E-state index contributed by atoms with van der Waals surface area (Å²) >= 11 is 0. The van der Waals surface area contributed by atoms with E-state index in [4.69, 9.17) is 0 Å². The maximum Gasteiger partial charge on any atom is 0.255 e. The third kappa shape index (κ3) is 3.53. The predicted octanol–water partition coefficient (Wildman–Crippen LogP) is 3.71. The predicted molar refractivity (Wildman–Crippen MR) is 87.7 cm³/mol. The summed E-state index contributed by atoms with van der Waals surface area (Å²) in [4.78, 5) is 19.0. The van der Waals surface area contributed by atoms with E-state index in [0.29, 0.717) is 11.6 Å². The molecule has 0 unspecified atom stereocenters. The van der Waals surface area contributed by atoms with Crippen molar-refractivity contribution in [3.05, 3.63) is 66.0 Å². The summed E-state index contributed by atoms with van der Waals surface area (Å²) in [7, 11) is 0. The van der Waals surface area contributed by atoms with Gasteiger partial charge in [-0.1, -0.05) is 43.2 Å². The fraction of sp³-hybridized carbons (Fsp3) is 0.368. The van der Waals surface area contributed by atoms with E-state index in [1.165, 1.54) is 18.4 Å². The van der Waals surface area contributed by atoms with Crippen LogP contribution in [0.25, 0.3) is 0 Å². The second kappa shape index (κ2) is 7.21. The minimum Gasteiger partial charge on any atom is -0.335 e. The standard InChI is InChI=1S/C19H22N2O/c22-19(17-9-6-13-20-15-17)21(18-10-4-5-11-18)14-12-16-7-2-1-3-8-16/h1-3,6-9,13,15,18H,4-5,10-12,14H2. The Morgan fingerprint density at radius 3 is 2.55 bits per heavy atom. The largest absolute Gasteiger partial charge is 0.335 e. The van der Waals surface area contributed by atoms with Gasteiger partial charge < -0.3 is 4.90 Å². The molecule has 114 valence electrons. The summed E-state index contributed by atoms with van der Waals surface area (Å²) in [6.45, 7) is 0.780. The first kappa shape index (κ1) is 14.8. The average molecular weight is 294 g/mol. The quantitative estimate of drug-likeness (QED) is 0.842. The van der Waals surface area contributed by atoms with Crippen molar-refractivity contribution in [2.24, 2.45) is 0 Å². The molecule has 1 aliphatic rings. The Balaban J connectivity index is 1.73. The Hall–Kier alpha value is -2.16. The fourth-order valence-electron chi connectivity index (χ4n) is 3.22. The first-order chi connectivity index (χ1) is 10.8. The molecule has 1 heterocycles. The Labute approximate surface area is 132 Å². The molecule has 0 atom stereocenters. The molecule has 1 amide bonds. The van der Waals surface area contributed by atoms with Crippen molar-refractivity contribution in [1.29, 1.82) is 0 Å². The van der Waals surface area contributed by atoms with Crippen LogP contribution < -0.4 is 0 Å². The molecule has 22 heavy (non-hydrogen) atoms. The van der Waals surface area contributed by atoms with Gasteiger partial charge in [-0.2, -0.15) is 0 Å². The van der Waals surface area contributed by atoms with Gasteiger partial charge in [-0.15, -0.1) is 0 Å². The van der Waals surface area contributed by atoms with Crippen LogP contribution in [-0.4, -0.2) is 28.4 Å². The molecule has 1 aromatic heterocycles. The van der Waals surface area contributed by atoms with Crippen molar-refractivity contribution in [3.8, 4) is 0 Å². The molecule has 1 saturated carbocycles. The molecule has 3 heteroatoms. The number of hydrogen-bond donors (Lipinski definition) is 0. The maximum absolute atomic E-state index is 12.8. The van der Waals surface area contributed by atoms with Gasteiger partial charge in [0, 0.05) is 25.0 Å². The van der Waals surface area contributed by atoms with Gasteiger partial charge in [0.1, 0.15) is 0 Å². The van der Waals surface area contributed by atoms with Gasteiger partial charge in [0.15, 0.2) is 0 Å². The van der Waals surface area contributed by atoms with Gasteiger partial charge in [0.2, 0.25) is 0 Å². The number of pyridine rings is 1. The van der Waals surface area contributed by atoms with E-state index in [2.05, 4.69) is 34.1 Å². The Morgan fingerprint density at radius 2 is 1.86 bits per heavy atom. The zero-order chi connectivity index (χ0) is 15.2. The van der Waals surface area contributed by atoms with Crippen LogP contribution in [0.4, 0.5) is 0 Å². The highest BCUT2D eigenvalue weighted by Gasteiger charge is 2.27. The lowest BCUT2D eigenvalue weighted by Gasteiger charge is -2.29. The average Bonchev–Trinajstić information content (AvgIpc) is 3.11. The van der Waals surface area contributed by atoms with E-state index >= 15 is 0 Å². The second-order valence-corrected chi connectivity index (χ2v) is 5.91. The summed E-state index contributed by atoms with van der Waals surface area (Å²) in [5.41, 5.74) is 1.98. The highest BCUT2D eigenvalue weighted by Crippen LogP contribution is 2.25. The first-order valence-electron chi connectivity index (χ1n) is 8.09. The van der Waals surface area contributed by atoms with Crippen LogP contribution >= 0.6 is 0 Å². The van der Waals surface area contributed by atoms with E-state index in [9.17, 15) is 4.79 Å². The molecule has 0 radical (unpaired) electrons. The van der Waals surface area contributed by atoms with Crippen molar-refractivity contribution in [3.63, 3.8) is 0 Å². The molecule has 0 N–H and O–H groups in total. The lowest BCUT2D eigenvalue weighted by molar-refractivity contribution is 0.0683. The number of carbonyl (C=O) groups excluding carboxylic acids is 1. The summed E-state index contributed by atoms with van der Waals surface area (Å²) in [5.74, 6) is 0.121. The summed E-state index contributed by atoms with van der Waals surface area (Å²) in [6.07, 6.45) is 9.00. The van der Waals surface area contributed by atoms with Crippen molar-refractivity contribution in [1.82, 2.24) is 9.88 Å². The molecule has 1 aliphatic carbocycles. The van der Waals surface area contributed by atoms with E-state index in [1.807, 2.05) is 18.2 Å². The molecular weight excluding hydrogens is 272 g/mol. The second-order valence-electron chi connectivity index (χ2n) is 5.91. The fourth-order valence-corrected chi connectivity index (χ4v) is 3.22. The molecule has 0 saturated heterocycles. The van der Waals surface area contributed by atoms with E-state index in [1.54, 1.807) is 12.4 Å². The van der Waals surface area contributed by atoms with Gasteiger partial charge in [-0.25, -0.2) is 0 Å². The van der Waals surface area contributed by atoms with E-state index in [-0.39, 0.29) is 5.91 Å². The highest BCUT2D eigenvalue weighted by atomic mass is 16.2. The van der Waals surface area contributed by atoms with Crippen molar-refractivity contribution in [2.45, 2.75) is 38.1 Å². The smallest absolute Gasteiger partial charge is 0.255 e. The van der Waals surface area contributed by atoms with Gasteiger partial charge in [-0.3, -0.25) is 9.78 Å². The van der Waals surface area contributed by atoms with Crippen molar-refractivity contribution >= 4 is 5.91 Å². The number of aromatic nitrogens is 1. The molecule has 0 bridgehead atoms. The molecule has 0 aliphatic heterocycles. The summed E-state index contributed by atoms with van der Waals surface area (Å²) < 4.78 is 0. The van der Waals surface area contributed by atoms with Crippen LogP contribution in [0.3, 0.4) is 0 Å². The van der Waals surface area contributed by atoms with Crippen LogP contribution in [0, 0.1) is 0 Å². The zero-order valence-electron chi connectivity index (χ0n) is 12.8. The molecule has 1 aromatic carbocycles. The summed E-state index contributed by atoms with van der Waals surface area (Å²) in [6, 6.07) is 14.5. The Bertz CT molecular complexity index is 591. The number of nitrogens with zero attached hydrogens (tertiary/aromatic N) is 2. The molecule has 0 spiro atoms. The third-order valence-corrected chi connectivity index (χ3v) is 4.42. The molecule has 3 nitrogen and oxygen atoms in total. The molecule has 3 rings (SSSR count). The number of carbonyl (C=O) groups is 1. The normalized spacial score (nSPS) is 14.9. The number of amides is 1. The minimum absolute atomic E-state index is 0.121. The molecular formula is C19H22N2O. The lowest BCUT2D eigenvalue weighted by Crippen LogP contribution is -2.40. The maximum atomic E-state index is 12.8. The van der Waals surface area contributed by atoms with Crippen LogP contribution in [0.1, 0.15) is 41.6 Å². The SMILES string of the molecule is O=C(c1cccnc1)N(CCc1ccccc1)C1CCCC1. The zero-order valence-corrected chi connectivity index (χ0v) is 12.8. The van der Waals surface area contributed by atoms with E-state index < -0.39 is 0 Å².